The fourth-order valence-corrected chi connectivity index (χ4v) is 1.41. The number of carboxylic acids is 1. The predicted octanol–water partition coefficient (Wildman–Crippen LogP) is -0.387. The minimum atomic E-state index is -1.30. The first-order chi connectivity index (χ1) is 9.33. The number of carboxylic acid groups (broad SMARTS) is 1. The number of aliphatic carboxylic acids is 1. The maximum atomic E-state index is 11.7. The highest BCUT2D eigenvalue weighted by Crippen LogP contribution is 2.08. The molecule has 112 valence electrons. The summed E-state index contributed by atoms with van der Waals surface area (Å²) in [4.78, 5) is 36.2. The quantitative estimate of drug-likeness (QED) is 0.301. The lowest BCUT2D eigenvalue weighted by Crippen LogP contribution is -2.47. The SMILES string of the molecule is CC[C@@H](C)[C@H](O)C(=O)NC(CCC(=O)C=[N+]=[N-])C(=O)O. The number of Topliss-reactive ketones (excluding diaryl/α,β-unsaturated/α-hetero) is 1. The Kier molecular flexibility index (Phi) is 8.03. The van der Waals surface area contributed by atoms with Crippen molar-refractivity contribution in [1.82, 2.24) is 5.32 Å². The van der Waals surface area contributed by atoms with Crippen molar-refractivity contribution in [3.05, 3.63) is 5.53 Å². The molecule has 0 saturated heterocycles. The highest BCUT2D eigenvalue weighted by molar-refractivity contribution is 6.25. The monoisotopic (exact) mass is 285 g/mol. The van der Waals surface area contributed by atoms with Gasteiger partial charge in [0.15, 0.2) is 0 Å². The number of aliphatic hydroxyl groups is 1. The number of nitrogens with one attached hydrogen (secondary N) is 1. The molecule has 0 rings (SSSR count). The first kappa shape index (κ1) is 17.9. The second kappa shape index (κ2) is 8.95. The van der Waals surface area contributed by atoms with E-state index in [4.69, 9.17) is 10.6 Å². The van der Waals surface area contributed by atoms with Crippen LogP contribution in [0.25, 0.3) is 5.53 Å². The molecule has 0 aliphatic rings. The molecule has 3 N–H and O–H groups in total. The molecule has 0 aliphatic heterocycles. The Morgan fingerprint density at radius 1 is 1.40 bits per heavy atom. The van der Waals surface area contributed by atoms with Gasteiger partial charge in [-0.1, -0.05) is 20.3 Å². The van der Waals surface area contributed by atoms with E-state index in [0.29, 0.717) is 12.6 Å². The predicted molar refractivity (Wildman–Crippen MR) is 69.0 cm³/mol. The minimum absolute atomic E-state index is 0.154. The van der Waals surface area contributed by atoms with Crippen molar-refractivity contribution in [3.8, 4) is 0 Å². The number of amides is 1. The fourth-order valence-electron chi connectivity index (χ4n) is 1.41. The van der Waals surface area contributed by atoms with E-state index in [1.54, 1.807) is 13.8 Å². The Morgan fingerprint density at radius 3 is 2.45 bits per heavy atom. The Balaban J connectivity index is 4.55. The third kappa shape index (κ3) is 6.21. The second-order valence-electron chi connectivity index (χ2n) is 4.48. The molecule has 1 amide bonds. The lowest BCUT2D eigenvalue weighted by atomic mass is 10.0. The number of hydrogen-bond acceptors (Lipinski definition) is 4. The number of carbonyl (C=O) groups is 3. The average molecular weight is 285 g/mol. The van der Waals surface area contributed by atoms with Gasteiger partial charge in [-0.05, 0) is 12.3 Å². The Hall–Kier alpha value is -2.05. The molecule has 0 aromatic heterocycles. The molecule has 8 nitrogen and oxygen atoms in total. The number of ketones is 1. The first-order valence-electron chi connectivity index (χ1n) is 6.24. The van der Waals surface area contributed by atoms with Crippen LogP contribution in [0.2, 0.25) is 0 Å². The molecular weight excluding hydrogens is 266 g/mol. The number of rotatable bonds is 9. The maximum absolute atomic E-state index is 11.7. The van der Waals surface area contributed by atoms with Gasteiger partial charge in [0.05, 0.1) is 0 Å². The standard InChI is InChI=1S/C12H19N3O5/c1-3-7(2)10(17)11(18)15-9(12(19)20)5-4-8(16)6-14-13/h6-7,9-10,17H,3-5H2,1-2H3,(H,15,18)(H,19,20)/t7-,9?,10+/m1/s1. The van der Waals surface area contributed by atoms with Crippen molar-refractivity contribution in [1.29, 1.82) is 0 Å². The first-order valence-corrected chi connectivity index (χ1v) is 6.24. The molecule has 3 atom stereocenters. The van der Waals surface area contributed by atoms with Crippen LogP contribution in [0, 0.1) is 5.92 Å². The Bertz CT molecular complexity index is 417. The third-order valence-corrected chi connectivity index (χ3v) is 2.95. The molecule has 20 heavy (non-hydrogen) atoms. The smallest absolute Gasteiger partial charge is 0.326 e. The van der Waals surface area contributed by atoms with Gasteiger partial charge in [-0.3, -0.25) is 9.59 Å². The summed E-state index contributed by atoms with van der Waals surface area (Å²) in [6.45, 7) is 3.46. The fraction of sp³-hybridized carbons (Fsp3) is 0.667. The van der Waals surface area contributed by atoms with E-state index in [1.165, 1.54) is 0 Å². The van der Waals surface area contributed by atoms with E-state index < -0.39 is 29.8 Å². The van der Waals surface area contributed by atoms with E-state index in [9.17, 15) is 19.5 Å². The summed E-state index contributed by atoms with van der Waals surface area (Å²) in [6, 6.07) is -1.28. The molecule has 0 spiro atoms. The lowest BCUT2D eigenvalue weighted by molar-refractivity contribution is -0.144. The van der Waals surface area contributed by atoms with Crippen LogP contribution < -0.4 is 5.32 Å². The van der Waals surface area contributed by atoms with E-state index in [2.05, 4.69) is 10.1 Å². The van der Waals surface area contributed by atoms with Crippen molar-refractivity contribution < 1.29 is 29.4 Å². The summed E-state index contributed by atoms with van der Waals surface area (Å²) < 4.78 is 0. The number of nitrogens with zero attached hydrogens (tertiary/aromatic N) is 2. The molecule has 0 aliphatic carbocycles. The van der Waals surface area contributed by atoms with Crippen LogP contribution in [-0.4, -0.2) is 51.0 Å². The van der Waals surface area contributed by atoms with Gasteiger partial charge in [-0.2, -0.15) is 4.79 Å². The van der Waals surface area contributed by atoms with E-state index in [-0.39, 0.29) is 18.8 Å². The van der Waals surface area contributed by atoms with Crippen molar-refractivity contribution >= 4 is 23.9 Å². The van der Waals surface area contributed by atoms with Gasteiger partial charge < -0.3 is 21.1 Å². The molecule has 0 aromatic carbocycles. The number of carbonyl (C=O) groups excluding carboxylic acids is 2. The molecule has 1 unspecified atom stereocenters. The van der Waals surface area contributed by atoms with Crippen molar-refractivity contribution in [2.24, 2.45) is 5.92 Å². The van der Waals surface area contributed by atoms with Crippen LogP contribution in [0.1, 0.15) is 33.1 Å². The summed E-state index contributed by atoms with van der Waals surface area (Å²) in [5.41, 5.74) is 8.15. The molecule has 0 bridgehead atoms. The van der Waals surface area contributed by atoms with Crippen molar-refractivity contribution in [2.75, 3.05) is 0 Å². The molecule has 0 fully saturated rings. The second-order valence-corrected chi connectivity index (χ2v) is 4.48. The normalized spacial score (nSPS) is 14.6. The topological polar surface area (TPSA) is 140 Å². The number of aliphatic hydroxyl groups excluding tert-OH is 1. The van der Waals surface area contributed by atoms with Gasteiger partial charge in [-0.25, -0.2) is 4.79 Å². The Morgan fingerprint density at radius 2 is 2.00 bits per heavy atom. The Labute approximate surface area is 116 Å². The maximum Gasteiger partial charge on any atom is 0.326 e. The lowest BCUT2D eigenvalue weighted by Gasteiger charge is -2.20. The van der Waals surface area contributed by atoms with Crippen LogP contribution in [0.4, 0.5) is 0 Å². The van der Waals surface area contributed by atoms with Crippen molar-refractivity contribution in [3.63, 3.8) is 0 Å². The van der Waals surface area contributed by atoms with Gasteiger partial charge in [0.25, 0.3) is 0 Å². The third-order valence-electron chi connectivity index (χ3n) is 2.95. The van der Waals surface area contributed by atoms with Crippen LogP contribution in [0.5, 0.6) is 0 Å². The molecule has 0 aromatic rings. The summed E-state index contributed by atoms with van der Waals surface area (Å²) in [5, 5.41) is 20.8. The van der Waals surface area contributed by atoms with E-state index in [0.717, 1.165) is 0 Å². The van der Waals surface area contributed by atoms with Crippen LogP contribution in [-0.2, 0) is 14.4 Å². The largest absolute Gasteiger partial charge is 0.480 e. The van der Waals surface area contributed by atoms with Crippen LogP contribution in [0.15, 0.2) is 0 Å². The average Bonchev–Trinajstić information content (AvgIpc) is 2.41. The van der Waals surface area contributed by atoms with Gasteiger partial charge in [0.2, 0.25) is 11.7 Å². The van der Waals surface area contributed by atoms with Gasteiger partial charge in [-0.15, -0.1) is 0 Å². The molecule has 0 radical (unpaired) electrons. The zero-order chi connectivity index (χ0) is 15.7. The van der Waals surface area contributed by atoms with Crippen LogP contribution >= 0.6 is 0 Å². The molecule has 0 heterocycles. The zero-order valence-corrected chi connectivity index (χ0v) is 11.4. The van der Waals surface area contributed by atoms with E-state index in [1.807, 2.05) is 0 Å². The number of hydrogen-bond donors (Lipinski definition) is 3. The van der Waals surface area contributed by atoms with Crippen LogP contribution in [0.3, 0.4) is 0 Å². The van der Waals surface area contributed by atoms with Crippen molar-refractivity contribution in [2.45, 2.75) is 45.3 Å². The van der Waals surface area contributed by atoms with Gasteiger partial charge in [0, 0.05) is 6.42 Å². The molecular formula is C12H19N3O5. The summed E-state index contributed by atoms with van der Waals surface area (Å²) in [5.74, 6) is -2.94. The summed E-state index contributed by atoms with van der Waals surface area (Å²) in [6.07, 6.45) is -0.414. The van der Waals surface area contributed by atoms with Gasteiger partial charge >= 0.3 is 12.2 Å². The summed E-state index contributed by atoms with van der Waals surface area (Å²) >= 11 is 0. The highest BCUT2D eigenvalue weighted by atomic mass is 16.4. The summed E-state index contributed by atoms with van der Waals surface area (Å²) in [7, 11) is 0. The minimum Gasteiger partial charge on any atom is -0.480 e. The molecule has 8 heteroatoms. The van der Waals surface area contributed by atoms with Gasteiger partial charge in [0.1, 0.15) is 12.1 Å². The highest BCUT2D eigenvalue weighted by Gasteiger charge is 2.27. The molecule has 0 saturated carbocycles. The zero-order valence-electron chi connectivity index (χ0n) is 11.4. The van der Waals surface area contributed by atoms with E-state index >= 15 is 0 Å².